The van der Waals surface area contributed by atoms with Gasteiger partial charge in [-0.3, -0.25) is 0 Å². The molecule has 0 amide bonds. The average Bonchev–Trinajstić information content (AvgIpc) is 2.46. The van der Waals surface area contributed by atoms with Gasteiger partial charge in [-0.2, -0.15) is 0 Å². The first kappa shape index (κ1) is 14.0. The van der Waals surface area contributed by atoms with E-state index in [1.54, 1.807) is 24.3 Å². The highest BCUT2D eigenvalue weighted by molar-refractivity contribution is 7.99. The molecule has 2 aromatic rings. The minimum atomic E-state index is -0.848. The van der Waals surface area contributed by atoms with Crippen LogP contribution < -0.4 is 0 Å². The summed E-state index contributed by atoms with van der Waals surface area (Å²) >= 11 is 1.69. The van der Waals surface area contributed by atoms with Gasteiger partial charge in [0.15, 0.2) is 0 Å². The lowest BCUT2D eigenvalue weighted by atomic mass is 9.93. The maximum Gasteiger partial charge on any atom is 0.115 e. The van der Waals surface area contributed by atoms with Crippen molar-refractivity contribution < 1.29 is 5.11 Å². The maximum absolute atomic E-state index is 10.7. The molecule has 0 spiro atoms. The molecular formula is C15H18N2OS. The van der Waals surface area contributed by atoms with Gasteiger partial charge in [-0.1, -0.05) is 37.3 Å². The van der Waals surface area contributed by atoms with Crippen molar-refractivity contribution in [1.29, 1.82) is 0 Å². The fourth-order valence-corrected chi connectivity index (χ4v) is 2.84. The predicted molar refractivity (Wildman–Crippen MR) is 78.8 cm³/mol. The first-order chi connectivity index (χ1) is 9.10. The quantitative estimate of drug-likeness (QED) is 0.910. The first-order valence-corrected chi connectivity index (χ1v) is 7.30. The molecule has 1 aromatic heterocycles. The van der Waals surface area contributed by atoms with Crippen molar-refractivity contribution in [2.75, 3.05) is 0 Å². The van der Waals surface area contributed by atoms with Gasteiger partial charge in [-0.25, -0.2) is 9.97 Å². The SMILES string of the molecule is CC(SCc1ccncn1)C(C)(O)c1ccccc1. The zero-order chi connectivity index (χ0) is 13.7. The van der Waals surface area contributed by atoms with Crippen LogP contribution in [0.25, 0.3) is 0 Å². The highest BCUT2D eigenvalue weighted by Crippen LogP contribution is 2.33. The first-order valence-electron chi connectivity index (χ1n) is 6.25. The van der Waals surface area contributed by atoms with Gasteiger partial charge in [-0.15, -0.1) is 11.8 Å². The Morgan fingerprint density at radius 3 is 2.63 bits per heavy atom. The Bertz CT molecular complexity index is 502. The Hall–Kier alpha value is -1.39. The molecule has 3 nitrogen and oxygen atoms in total. The number of aromatic nitrogens is 2. The maximum atomic E-state index is 10.7. The minimum Gasteiger partial charge on any atom is -0.384 e. The van der Waals surface area contributed by atoms with Crippen LogP contribution in [0.3, 0.4) is 0 Å². The van der Waals surface area contributed by atoms with Gasteiger partial charge in [0.05, 0.1) is 11.3 Å². The molecule has 0 saturated heterocycles. The van der Waals surface area contributed by atoms with E-state index in [1.165, 1.54) is 0 Å². The summed E-state index contributed by atoms with van der Waals surface area (Å²) in [5.41, 5.74) is 1.08. The van der Waals surface area contributed by atoms with Gasteiger partial charge in [0.2, 0.25) is 0 Å². The summed E-state index contributed by atoms with van der Waals surface area (Å²) in [5, 5.41) is 10.8. The molecule has 4 heteroatoms. The predicted octanol–water partition coefficient (Wildman–Crippen LogP) is 3.01. The van der Waals surface area contributed by atoms with E-state index in [4.69, 9.17) is 0 Å². The van der Waals surface area contributed by atoms with Crippen LogP contribution in [-0.2, 0) is 11.4 Å². The van der Waals surface area contributed by atoms with E-state index in [-0.39, 0.29) is 5.25 Å². The van der Waals surface area contributed by atoms with Gasteiger partial charge >= 0.3 is 0 Å². The average molecular weight is 274 g/mol. The second kappa shape index (κ2) is 6.17. The van der Waals surface area contributed by atoms with E-state index in [0.29, 0.717) is 0 Å². The molecule has 0 fully saturated rings. The van der Waals surface area contributed by atoms with Crippen LogP contribution in [0.4, 0.5) is 0 Å². The number of rotatable bonds is 5. The summed E-state index contributed by atoms with van der Waals surface area (Å²) in [5.74, 6) is 0.771. The van der Waals surface area contributed by atoms with E-state index in [9.17, 15) is 5.11 Å². The van der Waals surface area contributed by atoms with Crippen molar-refractivity contribution in [2.45, 2.75) is 30.5 Å². The lowest BCUT2D eigenvalue weighted by molar-refractivity contribution is 0.0592. The highest BCUT2D eigenvalue weighted by Gasteiger charge is 2.30. The third kappa shape index (κ3) is 3.55. The van der Waals surface area contributed by atoms with Crippen molar-refractivity contribution in [1.82, 2.24) is 9.97 Å². The third-order valence-electron chi connectivity index (χ3n) is 3.27. The van der Waals surface area contributed by atoms with Crippen molar-refractivity contribution in [3.8, 4) is 0 Å². The Morgan fingerprint density at radius 1 is 1.26 bits per heavy atom. The Morgan fingerprint density at radius 2 is 2.00 bits per heavy atom. The molecule has 1 heterocycles. The topological polar surface area (TPSA) is 46.0 Å². The number of aliphatic hydroxyl groups is 1. The molecule has 0 aliphatic rings. The summed E-state index contributed by atoms with van der Waals surface area (Å²) in [6.07, 6.45) is 3.29. The summed E-state index contributed by atoms with van der Waals surface area (Å²) in [7, 11) is 0. The van der Waals surface area contributed by atoms with Gasteiger partial charge in [0.25, 0.3) is 0 Å². The smallest absolute Gasteiger partial charge is 0.115 e. The number of hydrogen-bond acceptors (Lipinski definition) is 4. The Labute approximate surface area is 118 Å². The van der Waals surface area contributed by atoms with Crippen molar-refractivity contribution >= 4 is 11.8 Å². The van der Waals surface area contributed by atoms with Crippen molar-refractivity contribution in [3.05, 3.63) is 60.2 Å². The molecule has 0 radical (unpaired) electrons. The van der Waals surface area contributed by atoms with Crippen LogP contribution in [-0.4, -0.2) is 20.3 Å². The van der Waals surface area contributed by atoms with Crippen LogP contribution in [0, 0.1) is 0 Å². The lowest BCUT2D eigenvalue weighted by Gasteiger charge is -2.30. The second-order valence-electron chi connectivity index (χ2n) is 4.67. The number of benzene rings is 1. The summed E-state index contributed by atoms with van der Waals surface area (Å²) < 4.78 is 0. The zero-order valence-corrected chi connectivity index (χ0v) is 12.0. The Balaban J connectivity index is 2.01. The molecule has 0 saturated carbocycles. The molecular weight excluding hydrogens is 256 g/mol. The summed E-state index contributed by atoms with van der Waals surface area (Å²) in [6, 6.07) is 11.7. The molecule has 1 N–H and O–H groups in total. The largest absolute Gasteiger partial charge is 0.384 e. The zero-order valence-electron chi connectivity index (χ0n) is 11.2. The van der Waals surface area contributed by atoms with Crippen LogP contribution in [0.5, 0.6) is 0 Å². The molecule has 100 valence electrons. The monoisotopic (exact) mass is 274 g/mol. The van der Waals surface area contributed by atoms with Crippen LogP contribution in [0.15, 0.2) is 48.9 Å². The van der Waals surface area contributed by atoms with E-state index < -0.39 is 5.60 Å². The van der Waals surface area contributed by atoms with E-state index in [2.05, 4.69) is 9.97 Å². The number of nitrogens with zero attached hydrogens (tertiary/aromatic N) is 2. The molecule has 2 atom stereocenters. The summed E-state index contributed by atoms with van der Waals surface area (Å²) in [6.45, 7) is 3.90. The fourth-order valence-electron chi connectivity index (χ4n) is 1.79. The molecule has 0 aliphatic heterocycles. The van der Waals surface area contributed by atoms with Gasteiger partial charge in [-0.05, 0) is 18.6 Å². The highest BCUT2D eigenvalue weighted by atomic mass is 32.2. The molecule has 1 aromatic carbocycles. The van der Waals surface area contributed by atoms with Crippen LogP contribution >= 0.6 is 11.8 Å². The van der Waals surface area contributed by atoms with Gasteiger partial charge in [0, 0.05) is 17.2 Å². The van der Waals surface area contributed by atoms with Crippen molar-refractivity contribution in [3.63, 3.8) is 0 Å². The van der Waals surface area contributed by atoms with Crippen molar-refractivity contribution in [2.24, 2.45) is 0 Å². The van der Waals surface area contributed by atoms with Crippen LogP contribution in [0.2, 0.25) is 0 Å². The second-order valence-corrected chi connectivity index (χ2v) is 6.00. The minimum absolute atomic E-state index is 0.0739. The molecule has 2 rings (SSSR count). The number of thioether (sulfide) groups is 1. The molecule has 0 aliphatic carbocycles. The summed E-state index contributed by atoms with van der Waals surface area (Å²) in [4.78, 5) is 8.09. The lowest BCUT2D eigenvalue weighted by Crippen LogP contribution is -2.32. The molecule has 19 heavy (non-hydrogen) atoms. The number of hydrogen-bond donors (Lipinski definition) is 1. The fraction of sp³-hybridized carbons (Fsp3) is 0.333. The van der Waals surface area contributed by atoms with E-state index in [0.717, 1.165) is 17.0 Å². The van der Waals surface area contributed by atoms with E-state index in [1.807, 2.05) is 50.2 Å². The molecule has 2 unspecified atom stereocenters. The van der Waals surface area contributed by atoms with Gasteiger partial charge in [0.1, 0.15) is 6.33 Å². The van der Waals surface area contributed by atoms with E-state index >= 15 is 0 Å². The normalized spacial score (nSPS) is 15.7. The van der Waals surface area contributed by atoms with Crippen LogP contribution in [0.1, 0.15) is 25.1 Å². The standard InChI is InChI=1S/C15H18N2OS/c1-12(19-10-14-8-9-16-11-17-14)15(2,18)13-6-4-3-5-7-13/h3-9,11-12,18H,10H2,1-2H3. The molecule has 0 bridgehead atoms. The Kier molecular flexibility index (Phi) is 4.56. The van der Waals surface area contributed by atoms with Gasteiger partial charge < -0.3 is 5.11 Å². The third-order valence-corrected chi connectivity index (χ3v) is 4.70.